The second-order valence-electron chi connectivity index (χ2n) is 7.73. The molecule has 0 spiro atoms. The molecule has 0 amide bonds. The van der Waals surface area contributed by atoms with Crippen LogP contribution in [0.1, 0.15) is 133 Å². The average molecular weight is 396 g/mol. The number of rotatable bonds is 9. The molecule has 0 aromatic rings. The zero-order valence-corrected chi connectivity index (χ0v) is 21.3. The zero-order chi connectivity index (χ0) is 22.2. The molecule has 1 heteroatoms. The zero-order valence-electron chi connectivity index (χ0n) is 21.3. The monoisotopic (exact) mass is 395 g/mol. The molecule has 2 N–H and O–H groups in total. The molecule has 3 atom stereocenters. The summed E-state index contributed by atoms with van der Waals surface area (Å²) in [5, 5.41) is 0. The molecule has 28 heavy (non-hydrogen) atoms. The second-order valence-corrected chi connectivity index (χ2v) is 7.73. The fourth-order valence-corrected chi connectivity index (χ4v) is 3.07. The van der Waals surface area contributed by atoms with Gasteiger partial charge in [0, 0.05) is 6.04 Å². The van der Waals surface area contributed by atoms with E-state index in [9.17, 15) is 0 Å². The Morgan fingerprint density at radius 2 is 1.32 bits per heavy atom. The van der Waals surface area contributed by atoms with Gasteiger partial charge in [-0.3, -0.25) is 0 Å². The third-order valence-corrected chi connectivity index (χ3v) is 5.48. The van der Waals surface area contributed by atoms with Gasteiger partial charge in [-0.25, -0.2) is 0 Å². The summed E-state index contributed by atoms with van der Waals surface area (Å²) in [5.41, 5.74) is 7.65. The van der Waals surface area contributed by atoms with E-state index in [0.717, 1.165) is 18.8 Å². The maximum Gasteiger partial charge on any atom is 0.0136 e. The lowest BCUT2D eigenvalue weighted by molar-refractivity contribution is 0.504. The maximum atomic E-state index is 6.22. The summed E-state index contributed by atoms with van der Waals surface area (Å²) in [6.07, 6.45) is 21.7. The van der Waals surface area contributed by atoms with E-state index >= 15 is 0 Å². The lowest BCUT2D eigenvalue weighted by atomic mass is 9.92. The molecule has 1 aliphatic rings. The van der Waals surface area contributed by atoms with E-state index in [-0.39, 0.29) is 6.04 Å². The smallest absolute Gasteiger partial charge is 0.0136 e. The van der Waals surface area contributed by atoms with Crippen molar-refractivity contribution < 1.29 is 0 Å². The average Bonchev–Trinajstić information content (AvgIpc) is 2.77. The fourth-order valence-electron chi connectivity index (χ4n) is 3.07. The number of allylic oxidation sites excluding steroid dienone is 2. The van der Waals surface area contributed by atoms with Gasteiger partial charge in [-0.05, 0) is 44.4 Å². The fraction of sp³-hybridized carbons (Fsp3) is 0.852. The molecule has 0 aromatic carbocycles. The largest absolute Gasteiger partial charge is 0.327 e. The summed E-state index contributed by atoms with van der Waals surface area (Å²) in [4.78, 5) is 0. The molecule has 1 nitrogen and oxygen atoms in total. The molecule has 1 aliphatic carbocycles. The van der Waals surface area contributed by atoms with E-state index < -0.39 is 0 Å². The first-order valence-corrected chi connectivity index (χ1v) is 12.6. The highest BCUT2D eigenvalue weighted by Crippen LogP contribution is 2.17. The Hall–Kier alpha value is -0.560. The molecule has 0 saturated heterocycles. The van der Waals surface area contributed by atoms with Crippen LogP contribution in [-0.2, 0) is 0 Å². The predicted octanol–water partition coefficient (Wildman–Crippen LogP) is 9.47. The Labute approximate surface area is 180 Å². The molecule has 1 fully saturated rings. The maximum absolute atomic E-state index is 6.22. The summed E-state index contributed by atoms with van der Waals surface area (Å²) in [5.74, 6) is 1.33. The van der Waals surface area contributed by atoms with E-state index in [4.69, 9.17) is 5.73 Å². The molecule has 0 aromatic heterocycles. The van der Waals surface area contributed by atoms with Crippen LogP contribution in [0.2, 0.25) is 0 Å². The molecule has 0 bridgehead atoms. The lowest BCUT2D eigenvalue weighted by Gasteiger charge is -2.19. The van der Waals surface area contributed by atoms with Crippen LogP contribution in [0.4, 0.5) is 0 Å². The summed E-state index contributed by atoms with van der Waals surface area (Å²) in [6.45, 7) is 19.2. The van der Waals surface area contributed by atoms with Gasteiger partial charge in [0.15, 0.2) is 0 Å². The Balaban J connectivity index is -0.000000512. The molecular formula is C27H57N. The van der Waals surface area contributed by atoms with Crippen LogP contribution < -0.4 is 5.73 Å². The highest BCUT2D eigenvalue weighted by molar-refractivity contribution is 5.06. The highest BCUT2D eigenvalue weighted by Gasteiger charge is 2.12. The molecular weight excluding hydrogens is 338 g/mol. The van der Waals surface area contributed by atoms with E-state index in [1.807, 2.05) is 27.7 Å². The van der Waals surface area contributed by atoms with Crippen molar-refractivity contribution >= 4 is 0 Å². The van der Waals surface area contributed by atoms with Crippen LogP contribution in [0.5, 0.6) is 0 Å². The van der Waals surface area contributed by atoms with Crippen molar-refractivity contribution in [1.29, 1.82) is 0 Å². The SMILES string of the molecule is C1CCCCC1.CC.CC.CC/C=C(/C)C(C)C(N)C/C=C/CCC(C)CC. The quantitative estimate of drug-likeness (QED) is 0.386. The van der Waals surface area contributed by atoms with Crippen molar-refractivity contribution in [3.05, 3.63) is 23.8 Å². The molecule has 170 valence electrons. The van der Waals surface area contributed by atoms with Gasteiger partial charge in [-0.2, -0.15) is 0 Å². The van der Waals surface area contributed by atoms with Crippen molar-refractivity contribution in [3.63, 3.8) is 0 Å². The third-order valence-electron chi connectivity index (χ3n) is 5.48. The molecule has 3 unspecified atom stereocenters. The van der Waals surface area contributed by atoms with Crippen LogP contribution in [0.25, 0.3) is 0 Å². The van der Waals surface area contributed by atoms with E-state index in [1.54, 1.807) is 0 Å². The standard InChI is InChI=1S/C17H33N.C6H12.2C2H6/c1-6-11-15(4)16(5)17(18)13-10-8-9-12-14(3)7-2;1-2-4-6-5-3-1;2*1-2/h8,10-11,14,16-17H,6-7,9,12-13,18H2,1-5H3;1-6H2;2*1-2H3/b10-8+,15-11-;;;. The minimum atomic E-state index is 0.257. The number of hydrogen-bond acceptors (Lipinski definition) is 1. The van der Waals surface area contributed by atoms with Crippen LogP contribution in [-0.4, -0.2) is 6.04 Å². The third kappa shape index (κ3) is 21.7. The second kappa shape index (κ2) is 26.4. The lowest BCUT2D eigenvalue weighted by Crippen LogP contribution is -2.28. The van der Waals surface area contributed by atoms with Gasteiger partial charge in [-0.1, -0.05) is 124 Å². The van der Waals surface area contributed by atoms with E-state index in [2.05, 4.69) is 52.8 Å². The van der Waals surface area contributed by atoms with Gasteiger partial charge in [0.05, 0.1) is 0 Å². The van der Waals surface area contributed by atoms with Crippen molar-refractivity contribution in [2.75, 3.05) is 0 Å². The number of nitrogens with two attached hydrogens (primary N) is 1. The van der Waals surface area contributed by atoms with Gasteiger partial charge >= 0.3 is 0 Å². The Bertz CT molecular complexity index is 314. The normalized spacial score (nSPS) is 17.1. The summed E-state index contributed by atoms with van der Waals surface area (Å²) >= 11 is 0. The van der Waals surface area contributed by atoms with Crippen LogP contribution in [0, 0.1) is 11.8 Å². The van der Waals surface area contributed by atoms with E-state index in [1.165, 1.54) is 63.4 Å². The highest BCUT2D eigenvalue weighted by atomic mass is 14.6. The Morgan fingerprint density at radius 3 is 1.71 bits per heavy atom. The molecule has 0 aliphatic heterocycles. The first-order valence-electron chi connectivity index (χ1n) is 12.6. The van der Waals surface area contributed by atoms with Crippen LogP contribution in [0.15, 0.2) is 23.8 Å². The van der Waals surface area contributed by atoms with Crippen LogP contribution in [0.3, 0.4) is 0 Å². The van der Waals surface area contributed by atoms with Crippen molar-refractivity contribution in [3.8, 4) is 0 Å². The van der Waals surface area contributed by atoms with Crippen LogP contribution >= 0.6 is 0 Å². The number of hydrogen-bond donors (Lipinski definition) is 1. The topological polar surface area (TPSA) is 26.0 Å². The summed E-state index contributed by atoms with van der Waals surface area (Å²) < 4.78 is 0. The van der Waals surface area contributed by atoms with Crippen molar-refractivity contribution in [2.45, 2.75) is 139 Å². The van der Waals surface area contributed by atoms with Gasteiger partial charge in [0.2, 0.25) is 0 Å². The predicted molar refractivity (Wildman–Crippen MR) is 134 cm³/mol. The summed E-state index contributed by atoms with van der Waals surface area (Å²) in [6, 6.07) is 0.257. The van der Waals surface area contributed by atoms with Gasteiger partial charge in [0.25, 0.3) is 0 Å². The van der Waals surface area contributed by atoms with Crippen molar-refractivity contribution in [1.82, 2.24) is 0 Å². The summed E-state index contributed by atoms with van der Waals surface area (Å²) in [7, 11) is 0. The Kier molecular flexibility index (Phi) is 30.3. The molecule has 0 heterocycles. The van der Waals surface area contributed by atoms with Gasteiger partial charge < -0.3 is 5.73 Å². The van der Waals surface area contributed by atoms with E-state index in [0.29, 0.717) is 5.92 Å². The minimum absolute atomic E-state index is 0.257. The molecule has 1 saturated carbocycles. The van der Waals surface area contributed by atoms with Crippen molar-refractivity contribution in [2.24, 2.45) is 17.6 Å². The first kappa shape index (κ1) is 32.1. The molecule has 0 radical (unpaired) electrons. The first-order chi connectivity index (χ1) is 13.5. The minimum Gasteiger partial charge on any atom is -0.327 e. The van der Waals surface area contributed by atoms with Gasteiger partial charge in [0.1, 0.15) is 0 Å². The van der Waals surface area contributed by atoms with Gasteiger partial charge in [-0.15, -0.1) is 0 Å². The Morgan fingerprint density at radius 1 is 0.857 bits per heavy atom. The molecule has 1 rings (SSSR count).